The number of aromatic nitrogens is 1. The number of thiazole rings is 1. The maximum absolute atomic E-state index is 14.3. The molecule has 0 N–H and O–H groups in total. The van der Waals surface area contributed by atoms with Gasteiger partial charge in [-0.05, 0) is 68.8 Å². The van der Waals surface area contributed by atoms with Crippen LogP contribution in [0.1, 0.15) is 43.5 Å². The minimum atomic E-state index is -0.777. The molecule has 0 saturated heterocycles. The summed E-state index contributed by atoms with van der Waals surface area (Å²) in [5, 5.41) is 0.636. The van der Waals surface area contributed by atoms with Crippen LogP contribution < -0.4 is 29.1 Å². The van der Waals surface area contributed by atoms with E-state index in [9.17, 15) is 9.59 Å². The first kappa shape index (κ1) is 31.1. The first-order valence-electron chi connectivity index (χ1n) is 14.3. The number of para-hydroxylation sites is 1. The molecule has 0 radical (unpaired) electrons. The fourth-order valence-corrected chi connectivity index (χ4v) is 6.53. The number of hydrogen-bond acceptors (Lipinski definition) is 7. The van der Waals surface area contributed by atoms with Crippen molar-refractivity contribution in [2.45, 2.75) is 33.4 Å². The molecule has 1 aliphatic rings. The lowest BCUT2D eigenvalue weighted by molar-refractivity contribution is -0.127. The van der Waals surface area contributed by atoms with Crippen LogP contribution in [0.2, 0.25) is 5.02 Å². The minimum absolute atomic E-state index is 0.180. The second kappa shape index (κ2) is 13.5. The largest absolute Gasteiger partial charge is 0.497 e. The maximum Gasteiger partial charge on any atom is 0.271 e. The highest BCUT2D eigenvalue weighted by Crippen LogP contribution is 2.38. The average Bonchev–Trinajstić information content (AvgIpc) is 3.33. The van der Waals surface area contributed by atoms with Crippen LogP contribution in [0.4, 0.5) is 0 Å². The monoisotopic (exact) mass is 631 g/mol. The Bertz CT molecular complexity index is 1910. The van der Waals surface area contributed by atoms with Gasteiger partial charge in [-0.2, -0.15) is 0 Å². The summed E-state index contributed by atoms with van der Waals surface area (Å²) in [5.41, 5.74) is 3.00. The van der Waals surface area contributed by atoms with Gasteiger partial charge in [-0.3, -0.25) is 14.2 Å². The first-order chi connectivity index (χ1) is 21.3. The summed E-state index contributed by atoms with van der Waals surface area (Å²) in [5.74, 6) is 1.56. The number of allylic oxidation sites excluding steroid dienone is 1. The number of benzene rings is 3. The zero-order valence-corrected chi connectivity index (χ0v) is 26.9. The number of ether oxygens (including phenoxy) is 3. The quantitative estimate of drug-likeness (QED) is 0.236. The molecule has 1 aromatic heterocycles. The lowest BCUT2D eigenvalue weighted by Crippen LogP contribution is -2.43. The minimum Gasteiger partial charge on any atom is -0.497 e. The molecule has 1 atom stereocenters. The molecule has 4 aromatic rings. The van der Waals surface area contributed by atoms with Crippen molar-refractivity contribution in [3.63, 3.8) is 0 Å². The van der Waals surface area contributed by atoms with Gasteiger partial charge in [0.2, 0.25) is 0 Å². The summed E-state index contributed by atoms with van der Waals surface area (Å²) < 4.78 is 19.5. The lowest BCUT2D eigenvalue weighted by Gasteiger charge is -2.30. The Labute approximate surface area is 265 Å². The van der Waals surface area contributed by atoms with E-state index < -0.39 is 6.04 Å². The Hall–Kier alpha value is -4.34. The summed E-state index contributed by atoms with van der Waals surface area (Å²) >= 11 is 7.42. The van der Waals surface area contributed by atoms with Crippen molar-refractivity contribution in [1.82, 2.24) is 9.47 Å². The molecule has 0 bridgehead atoms. The molecule has 3 aromatic carbocycles. The van der Waals surface area contributed by atoms with Crippen molar-refractivity contribution >= 4 is 34.9 Å². The number of amides is 1. The number of methoxy groups -OCH3 is 2. The normalized spacial score (nSPS) is 14.6. The van der Waals surface area contributed by atoms with Crippen molar-refractivity contribution in [3.8, 4) is 17.2 Å². The molecule has 10 heteroatoms. The number of fused-ring (bicyclic) bond motifs is 1. The fourth-order valence-electron chi connectivity index (χ4n) is 5.28. The summed E-state index contributed by atoms with van der Waals surface area (Å²) in [7, 11) is 3.14. The van der Waals surface area contributed by atoms with Crippen LogP contribution in [0.3, 0.4) is 0 Å². The van der Waals surface area contributed by atoms with Crippen LogP contribution in [0.5, 0.6) is 17.2 Å². The zero-order chi connectivity index (χ0) is 31.4. The Morgan fingerprint density at radius 1 is 1.02 bits per heavy atom. The van der Waals surface area contributed by atoms with Crippen molar-refractivity contribution in [2.75, 3.05) is 27.3 Å². The molecular formula is C34H34ClN3O5S. The van der Waals surface area contributed by atoms with Gasteiger partial charge >= 0.3 is 0 Å². The Balaban J connectivity index is 1.66. The van der Waals surface area contributed by atoms with E-state index in [0.29, 0.717) is 68.1 Å². The van der Waals surface area contributed by atoms with Gasteiger partial charge in [0.1, 0.15) is 29.9 Å². The van der Waals surface area contributed by atoms with Crippen LogP contribution in [0, 0.1) is 0 Å². The third-order valence-electron chi connectivity index (χ3n) is 7.52. The van der Waals surface area contributed by atoms with E-state index in [-0.39, 0.29) is 11.5 Å². The Morgan fingerprint density at radius 3 is 2.50 bits per heavy atom. The highest BCUT2D eigenvalue weighted by molar-refractivity contribution is 7.07. The second-order valence-corrected chi connectivity index (χ2v) is 11.6. The van der Waals surface area contributed by atoms with E-state index in [4.69, 9.17) is 30.8 Å². The van der Waals surface area contributed by atoms with Gasteiger partial charge in [0, 0.05) is 29.2 Å². The van der Waals surface area contributed by atoms with Crippen molar-refractivity contribution in [3.05, 3.63) is 119 Å². The number of nitrogens with zero attached hydrogens (tertiary/aromatic N) is 3. The summed E-state index contributed by atoms with van der Waals surface area (Å²) in [6, 6.07) is 19.6. The Kier molecular flexibility index (Phi) is 9.56. The number of rotatable bonds is 10. The molecular weight excluding hydrogens is 598 g/mol. The number of likely N-dealkylation sites (N-methyl/N-ethyl adjacent to an activating group) is 1. The van der Waals surface area contributed by atoms with E-state index >= 15 is 0 Å². The molecule has 44 heavy (non-hydrogen) atoms. The van der Waals surface area contributed by atoms with Crippen molar-refractivity contribution < 1.29 is 19.0 Å². The number of hydrogen-bond donors (Lipinski definition) is 0. The van der Waals surface area contributed by atoms with E-state index in [0.717, 1.165) is 11.1 Å². The highest BCUT2D eigenvalue weighted by Gasteiger charge is 2.36. The molecule has 228 valence electrons. The molecule has 1 amide bonds. The van der Waals surface area contributed by atoms with E-state index in [1.165, 1.54) is 11.3 Å². The van der Waals surface area contributed by atoms with E-state index in [2.05, 4.69) is 0 Å². The van der Waals surface area contributed by atoms with E-state index in [1.54, 1.807) is 35.8 Å². The van der Waals surface area contributed by atoms with Crippen LogP contribution in [0.25, 0.3) is 6.08 Å². The topological polar surface area (TPSA) is 82.4 Å². The molecule has 8 nitrogen and oxygen atoms in total. The summed E-state index contributed by atoms with van der Waals surface area (Å²) in [4.78, 5) is 35.3. The number of halogens is 1. The molecule has 0 unspecified atom stereocenters. The van der Waals surface area contributed by atoms with Crippen LogP contribution in [0.15, 0.2) is 87.8 Å². The lowest BCUT2D eigenvalue weighted by atomic mass is 9.93. The average molecular weight is 632 g/mol. The van der Waals surface area contributed by atoms with Gasteiger partial charge < -0.3 is 19.1 Å². The summed E-state index contributed by atoms with van der Waals surface area (Å²) in [6.07, 6.45) is 1.81. The maximum atomic E-state index is 14.3. The van der Waals surface area contributed by atoms with Gasteiger partial charge in [-0.1, -0.05) is 53.3 Å². The highest BCUT2D eigenvalue weighted by atomic mass is 35.5. The molecule has 0 fully saturated rings. The van der Waals surface area contributed by atoms with Gasteiger partial charge in [0.15, 0.2) is 4.80 Å². The molecule has 5 rings (SSSR count). The zero-order valence-electron chi connectivity index (χ0n) is 25.3. The van der Waals surface area contributed by atoms with Gasteiger partial charge in [0.25, 0.3) is 11.5 Å². The van der Waals surface area contributed by atoms with Crippen LogP contribution in [-0.2, 0) is 11.4 Å². The van der Waals surface area contributed by atoms with Crippen molar-refractivity contribution in [2.24, 2.45) is 4.99 Å². The SMILES string of the molecule is CCN(CC)C(=O)C1=C(C)N=c2s/c(=C/c3ccccc3OCc3cccc(Cl)c3)c(=O)n2[C@H]1c1cc(OC)ccc1OC. The van der Waals surface area contributed by atoms with Gasteiger partial charge in [0.05, 0.1) is 30.0 Å². The molecule has 2 heterocycles. The predicted molar refractivity (Wildman–Crippen MR) is 173 cm³/mol. The first-order valence-corrected chi connectivity index (χ1v) is 15.5. The third-order valence-corrected chi connectivity index (χ3v) is 8.74. The van der Waals surface area contributed by atoms with Crippen LogP contribution in [-0.4, -0.2) is 42.7 Å². The Morgan fingerprint density at radius 2 is 1.80 bits per heavy atom. The number of carbonyl (C=O) groups excluding carboxylic acids is 1. The predicted octanol–water partition coefficient (Wildman–Crippen LogP) is 5.35. The second-order valence-electron chi connectivity index (χ2n) is 10.1. The summed E-state index contributed by atoms with van der Waals surface area (Å²) in [6.45, 7) is 7.03. The molecule has 0 spiro atoms. The van der Waals surface area contributed by atoms with E-state index in [1.807, 2.05) is 81.4 Å². The van der Waals surface area contributed by atoms with Crippen molar-refractivity contribution in [1.29, 1.82) is 0 Å². The fraction of sp³-hybridized carbons (Fsp3) is 0.265. The number of carbonyl (C=O) groups is 1. The standard InChI is InChI=1S/C34H34ClN3O5S/c1-6-37(7-2)33(40)30-21(3)36-34-38(31(30)26-19-25(41-4)15-16-28(26)42-5)32(39)29(44-34)18-23-12-8-9-14-27(23)43-20-22-11-10-13-24(35)17-22/h8-19,31H,6-7,20H2,1-5H3/b29-18+/t31-/m0/s1. The smallest absolute Gasteiger partial charge is 0.271 e. The van der Waals surface area contributed by atoms with Gasteiger partial charge in [-0.15, -0.1) is 0 Å². The molecule has 0 aliphatic carbocycles. The van der Waals surface area contributed by atoms with Gasteiger partial charge in [-0.25, -0.2) is 4.99 Å². The molecule has 0 saturated carbocycles. The third kappa shape index (κ3) is 6.16. The van der Waals surface area contributed by atoms with Crippen LogP contribution >= 0.6 is 22.9 Å². The molecule has 1 aliphatic heterocycles.